The summed E-state index contributed by atoms with van der Waals surface area (Å²) in [6, 6.07) is 4.60. The Morgan fingerprint density at radius 1 is 1.21 bits per heavy atom. The maximum atomic E-state index is 13.2. The van der Waals surface area contributed by atoms with Gasteiger partial charge in [-0.25, -0.2) is 4.79 Å². The lowest BCUT2D eigenvalue weighted by molar-refractivity contribution is -0.115. The van der Waals surface area contributed by atoms with Gasteiger partial charge in [0.15, 0.2) is 0 Å². The first-order valence-corrected chi connectivity index (χ1v) is 11.6. The minimum Gasteiger partial charge on any atom is -0.491 e. The number of amides is 4. The van der Waals surface area contributed by atoms with Crippen LogP contribution in [0.5, 0.6) is 5.75 Å². The Morgan fingerprint density at radius 2 is 1.94 bits per heavy atom. The van der Waals surface area contributed by atoms with Crippen molar-refractivity contribution in [1.29, 1.82) is 0 Å². The first-order chi connectivity index (χ1) is 15.7. The number of carbonyl (C=O) groups excluding carboxylic acids is 3. The van der Waals surface area contributed by atoms with Gasteiger partial charge < -0.3 is 29.9 Å². The van der Waals surface area contributed by atoms with Crippen LogP contribution in [0, 0.1) is 5.92 Å². The Labute approximate surface area is 196 Å². The third-order valence-corrected chi connectivity index (χ3v) is 5.84. The van der Waals surface area contributed by atoms with Gasteiger partial charge in [-0.15, -0.1) is 0 Å². The molecule has 184 valence electrons. The van der Waals surface area contributed by atoms with Crippen LogP contribution in [-0.4, -0.2) is 80.2 Å². The van der Waals surface area contributed by atoms with Crippen LogP contribution in [0.15, 0.2) is 18.2 Å². The molecule has 0 aliphatic carbocycles. The Hall–Kier alpha value is -2.81. The summed E-state index contributed by atoms with van der Waals surface area (Å²) in [5, 5.41) is 5.75. The van der Waals surface area contributed by atoms with Crippen LogP contribution in [-0.2, 0) is 9.53 Å². The highest BCUT2D eigenvalue weighted by Crippen LogP contribution is 2.27. The van der Waals surface area contributed by atoms with Crippen molar-refractivity contribution in [3.8, 4) is 5.75 Å². The average molecular weight is 463 g/mol. The predicted octanol–water partition coefficient (Wildman–Crippen LogP) is 2.96. The molecular weight excluding hydrogens is 424 g/mol. The van der Waals surface area contributed by atoms with Crippen molar-refractivity contribution in [2.24, 2.45) is 5.92 Å². The van der Waals surface area contributed by atoms with E-state index >= 15 is 0 Å². The van der Waals surface area contributed by atoms with E-state index in [1.165, 1.54) is 0 Å². The first kappa shape index (κ1) is 26.4. The molecule has 1 heterocycles. The van der Waals surface area contributed by atoms with Crippen molar-refractivity contribution in [3.05, 3.63) is 23.8 Å². The molecule has 0 unspecified atom stereocenters. The third kappa shape index (κ3) is 7.08. The van der Waals surface area contributed by atoms with Crippen molar-refractivity contribution >= 4 is 23.5 Å². The number of hydrogen-bond donors (Lipinski definition) is 2. The van der Waals surface area contributed by atoms with Crippen LogP contribution in [0.2, 0.25) is 0 Å². The van der Waals surface area contributed by atoms with Gasteiger partial charge in [-0.2, -0.15) is 0 Å². The molecule has 0 radical (unpaired) electrons. The number of anilines is 1. The van der Waals surface area contributed by atoms with Gasteiger partial charge in [-0.1, -0.05) is 20.8 Å². The minimum atomic E-state index is -0.254. The summed E-state index contributed by atoms with van der Waals surface area (Å²) in [5.41, 5.74) is 0.945. The number of methoxy groups -OCH3 is 1. The molecule has 4 amide bonds. The highest BCUT2D eigenvalue weighted by Gasteiger charge is 2.30. The monoisotopic (exact) mass is 462 g/mol. The second-order valence-electron chi connectivity index (χ2n) is 8.59. The average Bonchev–Trinajstić information content (AvgIpc) is 2.81. The fourth-order valence-corrected chi connectivity index (χ4v) is 3.72. The fourth-order valence-electron chi connectivity index (χ4n) is 3.72. The highest BCUT2D eigenvalue weighted by atomic mass is 16.5. The van der Waals surface area contributed by atoms with Crippen LogP contribution in [0.25, 0.3) is 0 Å². The Bertz CT molecular complexity index is 831. The topological polar surface area (TPSA) is 100 Å². The fraction of sp³-hybridized carbons (Fsp3) is 0.625. The first-order valence-electron chi connectivity index (χ1n) is 11.6. The van der Waals surface area contributed by atoms with E-state index < -0.39 is 0 Å². The lowest BCUT2D eigenvalue weighted by atomic mass is 10.0. The van der Waals surface area contributed by atoms with Gasteiger partial charge in [0.25, 0.3) is 5.91 Å². The smallest absolute Gasteiger partial charge is 0.317 e. The number of fused-ring (bicyclic) bond motifs is 1. The zero-order valence-corrected chi connectivity index (χ0v) is 20.6. The number of carbonyl (C=O) groups is 3. The van der Waals surface area contributed by atoms with E-state index in [9.17, 15) is 14.4 Å². The molecule has 0 saturated heterocycles. The standard InChI is InChI=1S/C24H38N4O5/c1-7-11-25-24(31)28-13-16(3)21(32-6)14-27(5)23(30)19-10-9-18(26-22(29)8-2)12-20(19)33-15-17(28)4/h9-10,12,16-17,21H,7-8,11,13-15H2,1-6H3,(H,25,31)(H,26,29)/t16-,17-,21+/m0/s1. The van der Waals surface area contributed by atoms with Crippen LogP contribution >= 0.6 is 0 Å². The molecule has 1 aliphatic heterocycles. The lowest BCUT2D eigenvalue weighted by Crippen LogP contribution is -2.51. The van der Waals surface area contributed by atoms with Gasteiger partial charge in [-0.3, -0.25) is 9.59 Å². The summed E-state index contributed by atoms with van der Waals surface area (Å²) < 4.78 is 11.8. The molecule has 3 atom stereocenters. The summed E-state index contributed by atoms with van der Waals surface area (Å²) in [7, 11) is 3.34. The van der Waals surface area contributed by atoms with Gasteiger partial charge in [0.2, 0.25) is 5.91 Å². The molecule has 1 aromatic carbocycles. The second kappa shape index (κ2) is 12.4. The van der Waals surface area contributed by atoms with Gasteiger partial charge in [0.1, 0.15) is 12.4 Å². The minimum absolute atomic E-state index is 0.00870. The molecule has 0 fully saturated rings. The largest absolute Gasteiger partial charge is 0.491 e. The number of hydrogen-bond acceptors (Lipinski definition) is 5. The van der Waals surface area contributed by atoms with E-state index in [2.05, 4.69) is 10.6 Å². The van der Waals surface area contributed by atoms with E-state index in [0.717, 1.165) is 6.42 Å². The summed E-state index contributed by atoms with van der Waals surface area (Å²) in [6.45, 7) is 9.31. The Balaban J connectivity index is 2.42. The summed E-state index contributed by atoms with van der Waals surface area (Å²) in [4.78, 5) is 41.3. The normalized spacial score (nSPS) is 21.9. The summed E-state index contributed by atoms with van der Waals surface area (Å²) >= 11 is 0. The molecule has 2 N–H and O–H groups in total. The van der Waals surface area contributed by atoms with Crippen LogP contribution in [0.4, 0.5) is 10.5 Å². The van der Waals surface area contributed by atoms with Crippen molar-refractivity contribution in [1.82, 2.24) is 15.1 Å². The molecule has 9 nitrogen and oxygen atoms in total. The Morgan fingerprint density at radius 3 is 2.58 bits per heavy atom. The Kier molecular flexibility index (Phi) is 9.96. The zero-order valence-electron chi connectivity index (χ0n) is 20.6. The zero-order chi connectivity index (χ0) is 24.5. The number of nitrogens with one attached hydrogen (secondary N) is 2. The number of likely N-dealkylation sites (N-methyl/N-ethyl adjacent to an activating group) is 1. The van der Waals surface area contributed by atoms with Crippen molar-refractivity contribution in [2.75, 3.05) is 45.7 Å². The van der Waals surface area contributed by atoms with Gasteiger partial charge in [0, 0.05) is 57.9 Å². The molecule has 1 aliphatic rings. The van der Waals surface area contributed by atoms with Gasteiger partial charge in [0.05, 0.1) is 17.7 Å². The predicted molar refractivity (Wildman–Crippen MR) is 128 cm³/mol. The molecular formula is C24H38N4O5. The number of rotatable bonds is 5. The number of nitrogens with zero attached hydrogens (tertiary/aromatic N) is 2. The molecule has 0 aromatic heterocycles. The van der Waals surface area contributed by atoms with Crippen molar-refractivity contribution < 1.29 is 23.9 Å². The number of benzene rings is 1. The SMILES string of the molecule is CCCNC(=O)N1C[C@H](C)[C@H](OC)CN(C)C(=O)c2ccc(NC(=O)CC)cc2OC[C@@H]1C. The second-order valence-corrected chi connectivity index (χ2v) is 8.59. The van der Waals surface area contributed by atoms with E-state index in [0.29, 0.717) is 43.1 Å². The molecule has 9 heteroatoms. The summed E-state index contributed by atoms with van der Waals surface area (Å²) in [6.07, 6.45) is 0.932. The molecule has 0 spiro atoms. The highest BCUT2D eigenvalue weighted by molar-refractivity contribution is 5.98. The maximum absolute atomic E-state index is 13.2. The van der Waals surface area contributed by atoms with Crippen molar-refractivity contribution in [3.63, 3.8) is 0 Å². The maximum Gasteiger partial charge on any atom is 0.317 e. The van der Waals surface area contributed by atoms with Crippen LogP contribution in [0.1, 0.15) is 50.9 Å². The molecule has 0 saturated carbocycles. The number of ether oxygens (including phenoxy) is 2. The number of urea groups is 1. The molecule has 33 heavy (non-hydrogen) atoms. The van der Waals surface area contributed by atoms with Crippen LogP contribution < -0.4 is 15.4 Å². The van der Waals surface area contributed by atoms with E-state index in [1.807, 2.05) is 20.8 Å². The van der Waals surface area contributed by atoms with E-state index in [1.54, 1.807) is 49.1 Å². The van der Waals surface area contributed by atoms with E-state index in [4.69, 9.17) is 9.47 Å². The third-order valence-electron chi connectivity index (χ3n) is 5.84. The molecule has 1 aromatic rings. The summed E-state index contributed by atoms with van der Waals surface area (Å²) in [5.74, 6) is 0.0312. The molecule has 2 rings (SSSR count). The van der Waals surface area contributed by atoms with E-state index in [-0.39, 0.29) is 42.5 Å². The van der Waals surface area contributed by atoms with Crippen molar-refractivity contribution in [2.45, 2.75) is 52.7 Å². The quantitative estimate of drug-likeness (QED) is 0.701. The lowest BCUT2D eigenvalue weighted by Gasteiger charge is -2.36. The van der Waals surface area contributed by atoms with Gasteiger partial charge >= 0.3 is 6.03 Å². The van der Waals surface area contributed by atoms with Crippen LogP contribution in [0.3, 0.4) is 0 Å². The van der Waals surface area contributed by atoms with Gasteiger partial charge in [-0.05, 0) is 25.5 Å². The molecule has 0 bridgehead atoms.